The molecule has 1 aromatic carbocycles. The zero-order chi connectivity index (χ0) is 22.7. The maximum atomic E-state index is 6.76. The van der Waals surface area contributed by atoms with Crippen LogP contribution in [0.3, 0.4) is 0 Å². The van der Waals surface area contributed by atoms with Crippen LogP contribution in [0.15, 0.2) is 53.8 Å². The van der Waals surface area contributed by atoms with Gasteiger partial charge in [0, 0.05) is 31.9 Å². The first-order valence-electron chi connectivity index (χ1n) is 12.4. The molecule has 0 amide bonds. The van der Waals surface area contributed by atoms with Gasteiger partial charge in [0.2, 0.25) is 0 Å². The van der Waals surface area contributed by atoms with Crippen molar-refractivity contribution in [1.82, 2.24) is 15.0 Å². The van der Waals surface area contributed by atoms with Crippen LogP contribution in [-0.4, -0.2) is 40.4 Å². The summed E-state index contributed by atoms with van der Waals surface area (Å²) >= 11 is 0. The molecule has 180 valence electrons. The molecule has 0 saturated carbocycles. The minimum atomic E-state index is 0. The van der Waals surface area contributed by atoms with Gasteiger partial charge in [0.15, 0.2) is 5.84 Å². The Labute approximate surface area is 207 Å². The first-order chi connectivity index (χ1) is 16.7. The lowest BCUT2D eigenvalue weighted by atomic mass is 9.73. The van der Waals surface area contributed by atoms with E-state index in [0.29, 0.717) is 6.54 Å². The van der Waals surface area contributed by atoms with Gasteiger partial charge in [-0.05, 0) is 60.8 Å². The first-order valence-corrected chi connectivity index (χ1v) is 12.4. The van der Waals surface area contributed by atoms with E-state index in [1.54, 1.807) is 0 Å². The zero-order valence-corrected chi connectivity index (χ0v) is 19.3. The van der Waals surface area contributed by atoms with Crippen molar-refractivity contribution in [2.45, 2.75) is 52.1 Å². The van der Waals surface area contributed by atoms with Crippen molar-refractivity contribution >= 4 is 17.3 Å². The fourth-order valence-corrected chi connectivity index (χ4v) is 6.40. The van der Waals surface area contributed by atoms with Gasteiger partial charge in [0.1, 0.15) is 11.5 Å². The van der Waals surface area contributed by atoms with Crippen molar-refractivity contribution in [1.29, 1.82) is 0 Å². The zero-order valence-electron chi connectivity index (χ0n) is 19.3. The summed E-state index contributed by atoms with van der Waals surface area (Å²) in [6.07, 6.45) is 9.17. The summed E-state index contributed by atoms with van der Waals surface area (Å²) in [5.41, 5.74) is 13.9. The fourth-order valence-electron chi connectivity index (χ4n) is 6.40. The van der Waals surface area contributed by atoms with Gasteiger partial charge in [0.05, 0.1) is 29.8 Å². The van der Waals surface area contributed by atoms with Crippen LogP contribution in [0.2, 0.25) is 0 Å². The molecule has 4 aliphatic rings. The van der Waals surface area contributed by atoms with Gasteiger partial charge in [-0.25, -0.2) is 9.97 Å². The molecule has 0 unspecified atom stereocenters. The van der Waals surface area contributed by atoms with Crippen LogP contribution in [0, 0.1) is 5.41 Å². The maximum Gasteiger partial charge on any atom is 0.156 e. The standard InChI is InChI=1S/C27H29N7.CH4/c28-25-19-6-2-1-5-18(19)15-27(25)9-13-33(14-10-27)23-17-30-24-21(32-23)16-31-26(24)34-12-4-7-20-22(34)8-3-11-29-20;/h1-3,5-6,8,11,17,25H,4,7,9-10,12-16,28H2;1H4/t25-;/m1./s1. The van der Waals surface area contributed by atoms with E-state index in [1.165, 1.54) is 11.1 Å². The Bertz CT molecular complexity index is 1290. The second kappa shape index (κ2) is 8.41. The number of hydrogen-bond donors (Lipinski definition) is 1. The number of nitrogens with two attached hydrogens (primary N) is 1. The summed E-state index contributed by atoms with van der Waals surface area (Å²) < 4.78 is 0. The summed E-state index contributed by atoms with van der Waals surface area (Å²) in [6, 6.07) is 13.0. The largest absolute Gasteiger partial charge is 0.355 e. The number of anilines is 2. The van der Waals surface area contributed by atoms with E-state index < -0.39 is 0 Å². The number of hydrogen-bond acceptors (Lipinski definition) is 7. The van der Waals surface area contributed by atoms with E-state index in [1.807, 2.05) is 18.5 Å². The number of amidine groups is 1. The minimum Gasteiger partial charge on any atom is -0.355 e. The molecule has 7 heteroatoms. The number of aryl methyl sites for hydroxylation is 1. The predicted octanol–water partition coefficient (Wildman–Crippen LogP) is 4.06. The molecule has 0 bridgehead atoms. The third kappa shape index (κ3) is 3.44. The van der Waals surface area contributed by atoms with Crippen molar-refractivity contribution in [3.8, 4) is 0 Å². The normalized spacial score (nSPS) is 21.7. The molecule has 1 spiro atoms. The Morgan fingerprint density at radius 1 is 0.971 bits per heavy atom. The molecule has 35 heavy (non-hydrogen) atoms. The van der Waals surface area contributed by atoms with E-state index in [9.17, 15) is 0 Å². The van der Waals surface area contributed by atoms with Crippen LogP contribution < -0.4 is 15.5 Å². The van der Waals surface area contributed by atoms with E-state index >= 15 is 0 Å². The molecule has 1 aliphatic carbocycles. The predicted molar refractivity (Wildman–Crippen MR) is 140 cm³/mol. The van der Waals surface area contributed by atoms with Gasteiger partial charge in [-0.3, -0.25) is 9.98 Å². The maximum absolute atomic E-state index is 6.76. The summed E-state index contributed by atoms with van der Waals surface area (Å²) in [5.74, 6) is 1.91. The molecule has 1 fully saturated rings. The molecular formula is C28H33N7. The fraction of sp³-hybridized carbons (Fsp3) is 0.429. The Hall–Kier alpha value is -3.32. The van der Waals surface area contributed by atoms with Crippen LogP contribution in [0.5, 0.6) is 0 Å². The van der Waals surface area contributed by atoms with E-state index in [4.69, 9.17) is 20.7 Å². The number of nitrogens with zero attached hydrogens (tertiary/aromatic N) is 6. The molecule has 7 rings (SSSR count). The molecule has 3 aliphatic heterocycles. The minimum absolute atomic E-state index is 0. The van der Waals surface area contributed by atoms with Crippen molar-refractivity contribution < 1.29 is 0 Å². The molecule has 2 N–H and O–H groups in total. The quantitative estimate of drug-likeness (QED) is 0.581. The van der Waals surface area contributed by atoms with Crippen LogP contribution in [0.1, 0.15) is 60.9 Å². The van der Waals surface area contributed by atoms with E-state index in [0.717, 1.165) is 86.2 Å². The molecule has 0 radical (unpaired) electrons. The molecule has 3 aromatic rings. The van der Waals surface area contributed by atoms with Gasteiger partial charge in [-0.2, -0.15) is 0 Å². The number of fused-ring (bicyclic) bond motifs is 3. The number of aromatic nitrogens is 3. The third-order valence-corrected chi connectivity index (χ3v) is 8.31. The molecule has 1 atom stereocenters. The topological polar surface area (TPSA) is 83.5 Å². The van der Waals surface area contributed by atoms with Crippen molar-refractivity contribution in [2.24, 2.45) is 16.1 Å². The lowest BCUT2D eigenvalue weighted by Crippen LogP contribution is -2.44. The number of piperidine rings is 1. The Morgan fingerprint density at radius 3 is 2.69 bits per heavy atom. The highest BCUT2D eigenvalue weighted by Gasteiger charge is 2.46. The van der Waals surface area contributed by atoms with Crippen molar-refractivity contribution in [3.05, 3.63) is 77.0 Å². The summed E-state index contributed by atoms with van der Waals surface area (Å²) in [7, 11) is 0. The lowest BCUT2D eigenvalue weighted by molar-refractivity contribution is 0.187. The van der Waals surface area contributed by atoms with Gasteiger partial charge < -0.3 is 15.5 Å². The van der Waals surface area contributed by atoms with E-state index in [2.05, 4.69) is 45.1 Å². The van der Waals surface area contributed by atoms with Gasteiger partial charge in [-0.15, -0.1) is 0 Å². The van der Waals surface area contributed by atoms with Gasteiger partial charge >= 0.3 is 0 Å². The molecule has 1 saturated heterocycles. The highest BCUT2D eigenvalue weighted by molar-refractivity contribution is 6.11. The third-order valence-electron chi connectivity index (χ3n) is 8.31. The Morgan fingerprint density at radius 2 is 1.83 bits per heavy atom. The smallest absolute Gasteiger partial charge is 0.156 e. The molecule has 7 nitrogen and oxygen atoms in total. The Kier molecular flexibility index (Phi) is 5.33. The average Bonchev–Trinajstić information content (AvgIpc) is 3.43. The lowest BCUT2D eigenvalue weighted by Gasteiger charge is -2.42. The Balaban J connectivity index is 0.00000229. The van der Waals surface area contributed by atoms with Crippen LogP contribution in [0.4, 0.5) is 11.5 Å². The van der Waals surface area contributed by atoms with Crippen LogP contribution >= 0.6 is 0 Å². The van der Waals surface area contributed by atoms with Crippen molar-refractivity contribution in [3.63, 3.8) is 0 Å². The number of aliphatic imine (C=N–C) groups is 1. The summed E-state index contributed by atoms with van der Waals surface area (Å²) in [4.78, 5) is 24.0. The van der Waals surface area contributed by atoms with Gasteiger partial charge in [0.25, 0.3) is 0 Å². The number of pyridine rings is 1. The second-order valence-corrected chi connectivity index (χ2v) is 10.1. The monoisotopic (exact) mass is 467 g/mol. The highest BCUT2D eigenvalue weighted by atomic mass is 15.3. The summed E-state index contributed by atoms with van der Waals surface area (Å²) in [5, 5.41) is 0. The van der Waals surface area contributed by atoms with Crippen molar-refractivity contribution in [2.75, 3.05) is 29.4 Å². The van der Waals surface area contributed by atoms with Crippen LogP contribution in [0.25, 0.3) is 0 Å². The van der Waals surface area contributed by atoms with Gasteiger partial charge in [-0.1, -0.05) is 31.7 Å². The molecular weight excluding hydrogens is 434 g/mol. The molecule has 2 aromatic heterocycles. The number of benzene rings is 1. The SMILES string of the molecule is C.N[C@@H]1c2ccccc2CC12CCN(c1cnc3c(n1)CN=C3N1CCCc3ncccc31)CC2. The van der Waals surface area contributed by atoms with E-state index in [-0.39, 0.29) is 18.9 Å². The number of rotatable bonds is 1. The highest BCUT2D eigenvalue weighted by Crippen LogP contribution is 2.50. The summed E-state index contributed by atoms with van der Waals surface area (Å²) in [6.45, 7) is 3.47. The first kappa shape index (κ1) is 22.2. The average molecular weight is 468 g/mol. The molecule has 5 heterocycles. The second-order valence-electron chi connectivity index (χ2n) is 10.1. The van der Waals surface area contributed by atoms with Crippen LogP contribution in [-0.2, 0) is 19.4 Å².